The van der Waals surface area contributed by atoms with Gasteiger partial charge in [0.2, 0.25) is 0 Å². The molecule has 0 radical (unpaired) electrons. The normalized spacial score (nSPS) is 11.0. The molecule has 0 N–H and O–H groups in total. The summed E-state index contributed by atoms with van der Waals surface area (Å²) in [7, 11) is 0. The van der Waals surface area contributed by atoms with Crippen LogP contribution in [0.5, 0.6) is 5.75 Å². The fourth-order valence-corrected chi connectivity index (χ4v) is 2.72. The molecule has 0 saturated carbocycles. The largest absolute Gasteiger partial charge is 0.485 e. The molecule has 0 fully saturated rings. The predicted octanol–water partition coefficient (Wildman–Crippen LogP) is 5.83. The third-order valence-corrected chi connectivity index (χ3v) is 4.15. The van der Waals surface area contributed by atoms with E-state index in [0.29, 0.717) is 23.7 Å². The van der Waals surface area contributed by atoms with Crippen molar-refractivity contribution in [3.8, 4) is 5.75 Å². The van der Waals surface area contributed by atoms with Gasteiger partial charge in [0, 0.05) is 10.0 Å². The van der Waals surface area contributed by atoms with E-state index >= 15 is 0 Å². The van der Waals surface area contributed by atoms with Gasteiger partial charge in [-0.3, -0.25) is 4.79 Å². The SMILES string of the molecule is Cc1ccccc1OCc1ccc(/C=C/C(=O)c2cccc(Br)c2)o1. The maximum absolute atomic E-state index is 12.2. The highest BCUT2D eigenvalue weighted by molar-refractivity contribution is 9.10. The highest BCUT2D eigenvalue weighted by atomic mass is 79.9. The lowest BCUT2D eigenvalue weighted by Crippen LogP contribution is -1.95. The second-order valence-electron chi connectivity index (χ2n) is 5.57. The molecule has 126 valence electrons. The highest BCUT2D eigenvalue weighted by Crippen LogP contribution is 2.19. The van der Waals surface area contributed by atoms with Gasteiger partial charge in [0.1, 0.15) is 23.9 Å². The summed E-state index contributed by atoms with van der Waals surface area (Å²) < 4.78 is 12.3. The number of benzene rings is 2. The van der Waals surface area contributed by atoms with E-state index in [0.717, 1.165) is 15.8 Å². The summed E-state index contributed by atoms with van der Waals surface area (Å²) in [6.07, 6.45) is 3.17. The average Bonchev–Trinajstić information content (AvgIpc) is 3.07. The molecule has 0 atom stereocenters. The van der Waals surface area contributed by atoms with E-state index in [2.05, 4.69) is 15.9 Å². The van der Waals surface area contributed by atoms with Crippen molar-refractivity contribution >= 4 is 27.8 Å². The van der Waals surface area contributed by atoms with Crippen molar-refractivity contribution < 1.29 is 13.9 Å². The lowest BCUT2D eigenvalue weighted by Gasteiger charge is -2.06. The molecule has 0 aliphatic carbocycles. The number of allylic oxidation sites excluding steroid dienone is 1. The Kier molecular flexibility index (Phi) is 5.51. The van der Waals surface area contributed by atoms with E-state index in [1.807, 2.05) is 55.5 Å². The minimum atomic E-state index is -0.0737. The summed E-state index contributed by atoms with van der Waals surface area (Å²) in [5.74, 6) is 2.08. The maximum Gasteiger partial charge on any atom is 0.186 e. The van der Waals surface area contributed by atoms with Gasteiger partial charge >= 0.3 is 0 Å². The van der Waals surface area contributed by atoms with Crippen molar-refractivity contribution in [1.29, 1.82) is 0 Å². The van der Waals surface area contributed by atoms with Crippen molar-refractivity contribution in [2.75, 3.05) is 0 Å². The predicted molar refractivity (Wildman–Crippen MR) is 102 cm³/mol. The molecule has 0 unspecified atom stereocenters. The van der Waals surface area contributed by atoms with Gasteiger partial charge in [-0.15, -0.1) is 0 Å². The van der Waals surface area contributed by atoms with Crippen molar-refractivity contribution in [2.45, 2.75) is 13.5 Å². The van der Waals surface area contributed by atoms with Gasteiger partial charge in [0.15, 0.2) is 5.78 Å². The monoisotopic (exact) mass is 396 g/mol. The molecule has 3 rings (SSSR count). The molecular weight excluding hydrogens is 380 g/mol. The first-order valence-corrected chi connectivity index (χ1v) is 8.66. The molecule has 25 heavy (non-hydrogen) atoms. The molecule has 1 aromatic heterocycles. The third-order valence-electron chi connectivity index (χ3n) is 3.65. The molecule has 1 heterocycles. The number of aryl methyl sites for hydroxylation is 1. The molecule has 0 saturated heterocycles. The summed E-state index contributed by atoms with van der Waals surface area (Å²) in [6, 6.07) is 18.8. The summed E-state index contributed by atoms with van der Waals surface area (Å²) in [4.78, 5) is 12.2. The summed E-state index contributed by atoms with van der Waals surface area (Å²) in [6.45, 7) is 2.34. The molecule has 3 aromatic rings. The van der Waals surface area contributed by atoms with Crippen molar-refractivity contribution in [3.63, 3.8) is 0 Å². The number of ketones is 1. The van der Waals surface area contributed by atoms with Crippen LogP contribution in [0.3, 0.4) is 0 Å². The zero-order valence-corrected chi connectivity index (χ0v) is 15.3. The Morgan fingerprint density at radius 1 is 1.12 bits per heavy atom. The number of hydrogen-bond donors (Lipinski definition) is 0. The number of hydrogen-bond acceptors (Lipinski definition) is 3. The number of ether oxygens (including phenoxy) is 1. The van der Waals surface area contributed by atoms with Gasteiger partial charge in [-0.1, -0.05) is 46.3 Å². The average molecular weight is 397 g/mol. The Labute approximate surface area is 155 Å². The second kappa shape index (κ2) is 7.99. The number of carbonyl (C=O) groups is 1. The Morgan fingerprint density at radius 2 is 1.96 bits per heavy atom. The topological polar surface area (TPSA) is 39.4 Å². The van der Waals surface area contributed by atoms with E-state index in [9.17, 15) is 4.79 Å². The lowest BCUT2D eigenvalue weighted by atomic mass is 10.1. The number of para-hydroxylation sites is 1. The molecule has 3 nitrogen and oxygen atoms in total. The van der Waals surface area contributed by atoms with Gasteiger partial charge in [-0.25, -0.2) is 0 Å². The van der Waals surface area contributed by atoms with E-state index in [-0.39, 0.29) is 5.78 Å². The molecule has 2 aromatic carbocycles. The van der Waals surface area contributed by atoms with Gasteiger partial charge < -0.3 is 9.15 Å². The number of carbonyl (C=O) groups excluding carboxylic acids is 1. The third kappa shape index (κ3) is 4.70. The summed E-state index contributed by atoms with van der Waals surface area (Å²) in [5, 5.41) is 0. The van der Waals surface area contributed by atoms with Gasteiger partial charge in [-0.2, -0.15) is 0 Å². The van der Waals surface area contributed by atoms with Gasteiger partial charge in [0.05, 0.1) is 0 Å². The van der Waals surface area contributed by atoms with Crippen LogP contribution < -0.4 is 4.74 Å². The first-order chi connectivity index (χ1) is 12.1. The maximum atomic E-state index is 12.2. The van der Waals surface area contributed by atoms with Gasteiger partial charge in [-0.05, 0) is 55.0 Å². The van der Waals surface area contributed by atoms with E-state index < -0.39 is 0 Å². The lowest BCUT2D eigenvalue weighted by molar-refractivity contribution is 0.104. The summed E-state index contributed by atoms with van der Waals surface area (Å²) >= 11 is 3.36. The van der Waals surface area contributed by atoms with Crippen LogP contribution in [0.1, 0.15) is 27.4 Å². The van der Waals surface area contributed by atoms with Crippen LogP contribution in [-0.2, 0) is 6.61 Å². The molecule has 0 spiro atoms. The standard InChI is InChI=1S/C21H17BrO3/c1-15-5-2-3-8-21(15)24-14-19-10-9-18(25-19)11-12-20(23)16-6-4-7-17(22)13-16/h2-13H,14H2,1H3/b12-11+. The molecule has 4 heteroatoms. The number of rotatable bonds is 6. The Morgan fingerprint density at radius 3 is 2.76 bits per heavy atom. The Hall–Kier alpha value is -2.59. The highest BCUT2D eigenvalue weighted by Gasteiger charge is 2.05. The molecule has 0 aliphatic heterocycles. The van der Waals surface area contributed by atoms with E-state index in [1.54, 1.807) is 18.2 Å². The van der Waals surface area contributed by atoms with Crippen LogP contribution in [0.4, 0.5) is 0 Å². The minimum Gasteiger partial charge on any atom is -0.485 e. The molecule has 0 aliphatic rings. The van der Waals surface area contributed by atoms with Crippen LogP contribution in [0, 0.1) is 6.92 Å². The zero-order chi connectivity index (χ0) is 17.6. The van der Waals surface area contributed by atoms with E-state index in [1.165, 1.54) is 6.08 Å². The molecule has 0 amide bonds. The number of halogens is 1. The Balaban J connectivity index is 1.61. The van der Waals surface area contributed by atoms with Crippen molar-refractivity contribution in [2.24, 2.45) is 0 Å². The van der Waals surface area contributed by atoms with Crippen molar-refractivity contribution in [1.82, 2.24) is 0 Å². The fraction of sp³-hybridized carbons (Fsp3) is 0.0952. The van der Waals surface area contributed by atoms with Crippen LogP contribution >= 0.6 is 15.9 Å². The number of furan rings is 1. The quantitative estimate of drug-likeness (QED) is 0.388. The fourth-order valence-electron chi connectivity index (χ4n) is 2.32. The minimum absolute atomic E-state index is 0.0737. The van der Waals surface area contributed by atoms with Crippen LogP contribution in [-0.4, -0.2) is 5.78 Å². The smallest absolute Gasteiger partial charge is 0.186 e. The second-order valence-corrected chi connectivity index (χ2v) is 6.48. The van der Waals surface area contributed by atoms with Crippen LogP contribution in [0.15, 0.2) is 75.6 Å². The zero-order valence-electron chi connectivity index (χ0n) is 13.7. The first kappa shape index (κ1) is 17.2. The summed E-state index contributed by atoms with van der Waals surface area (Å²) in [5.41, 5.74) is 1.70. The van der Waals surface area contributed by atoms with Gasteiger partial charge in [0.25, 0.3) is 0 Å². The van der Waals surface area contributed by atoms with E-state index in [4.69, 9.17) is 9.15 Å². The first-order valence-electron chi connectivity index (χ1n) is 7.87. The molecule has 0 bridgehead atoms. The Bertz CT molecular complexity index is 909. The van der Waals surface area contributed by atoms with Crippen LogP contribution in [0.2, 0.25) is 0 Å². The van der Waals surface area contributed by atoms with Crippen LogP contribution in [0.25, 0.3) is 6.08 Å². The van der Waals surface area contributed by atoms with Crippen molar-refractivity contribution in [3.05, 3.63) is 93.9 Å². The molecular formula is C21H17BrO3.